The fourth-order valence-corrected chi connectivity index (χ4v) is 2.42. The molecule has 1 aromatic rings. The second-order valence-corrected chi connectivity index (χ2v) is 5.22. The molecule has 0 spiro atoms. The molecule has 0 saturated carbocycles. The van der Waals surface area contributed by atoms with Crippen molar-refractivity contribution in [3.05, 3.63) is 29.8 Å². The van der Waals surface area contributed by atoms with E-state index in [1.165, 1.54) is 12.7 Å². The predicted octanol–water partition coefficient (Wildman–Crippen LogP) is 0.891. The quantitative estimate of drug-likeness (QED) is 0.820. The average Bonchev–Trinajstić information content (AvgIpc) is 2.94. The summed E-state index contributed by atoms with van der Waals surface area (Å²) < 4.78 is 4.47. The summed E-state index contributed by atoms with van der Waals surface area (Å²) in [4.78, 5) is 36.7. The van der Waals surface area contributed by atoms with Crippen LogP contribution in [0.3, 0.4) is 0 Å². The first kappa shape index (κ1) is 16.0. The van der Waals surface area contributed by atoms with E-state index in [0.29, 0.717) is 6.54 Å². The molecule has 0 radical (unpaired) electrons. The number of hydrogen-bond donors (Lipinski definition) is 1. The van der Waals surface area contributed by atoms with Gasteiger partial charge in [-0.2, -0.15) is 0 Å². The molecular formula is C16H20N2O4. The average molecular weight is 304 g/mol. The largest absolute Gasteiger partial charge is 0.468 e. The number of anilines is 1. The highest BCUT2D eigenvalue weighted by Crippen LogP contribution is 2.25. The van der Waals surface area contributed by atoms with Gasteiger partial charge in [-0.05, 0) is 24.1 Å². The molecule has 1 atom stereocenters. The molecule has 1 aromatic carbocycles. The molecule has 2 rings (SSSR count). The van der Waals surface area contributed by atoms with E-state index in [9.17, 15) is 14.4 Å². The van der Waals surface area contributed by atoms with Gasteiger partial charge in [0.05, 0.1) is 13.0 Å². The Morgan fingerprint density at radius 3 is 2.59 bits per heavy atom. The first-order chi connectivity index (χ1) is 10.5. The normalized spacial score (nSPS) is 17.5. The summed E-state index contributed by atoms with van der Waals surface area (Å²) in [6.45, 7) is 2.22. The fraction of sp³-hybridized carbons (Fsp3) is 0.438. The van der Waals surface area contributed by atoms with Crippen LogP contribution in [0.15, 0.2) is 24.3 Å². The molecule has 118 valence electrons. The second-order valence-electron chi connectivity index (χ2n) is 5.22. The van der Waals surface area contributed by atoms with E-state index in [-0.39, 0.29) is 24.8 Å². The number of ether oxygens (including phenoxy) is 1. The summed E-state index contributed by atoms with van der Waals surface area (Å²) in [6.07, 6.45) is 1.09. The van der Waals surface area contributed by atoms with Gasteiger partial charge >= 0.3 is 5.97 Å². The van der Waals surface area contributed by atoms with Crippen LogP contribution >= 0.6 is 0 Å². The van der Waals surface area contributed by atoms with Gasteiger partial charge in [0.25, 0.3) is 0 Å². The van der Waals surface area contributed by atoms with Crippen LogP contribution in [0.2, 0.25) is 0 Å². The number of nitrogens with zero attached hydrogens (tertiary/aromatic N) is 1. The maximum absolute atomic E-state index is 12.1. The van der Waals surface area contributed by atoms with Crippen molar-refractivity contribution in [2.45, 2.75) is 19.8 Å². The molecule has 0 aliphatic carbocycles. The van der Waals surface area contributed by atoms with Crippen molar-refractivity contribution >= 4 is 23.5 Å². The number of carbonyl (C=O) groups excluding carboxylic acids is 3. The highest BCUT2D eigenvalue weighted by atomic mass is 16.5. The number of hydrogen-bond acceptors (Lipinski definition) is 4. The minimum atomic E-state index is -0.510. The van der Waals surface area contributed by atoms with Crippen molar-refractivity contribution in [1.29, 1.82) is 0 Å². The first-order valence-electron chi connectivity index (χ1n) is 7.29. The highest BCUT2D eigenvalue weighted by molar-refractivity contribution is 6.00. The zero-order valence-electron chi connectivity index (χ0n) is 12.8. The molecular weight excluding hydrogens is 284 g/mol. The van der Waals surface area contributed by atoms with Crippen LogP contribution in [-0.4, -0.2) is 38.0 Å². The summed E-state index contributed by atoms with van der Waals surface area (Å²) in [6, 6.07) is 7.75. The van der Waals surface area contributed by atoms with E-state index >= 15 is 0 Å². The molecule has 2 amide bonds. The number of benzene rings is 1. The first-order valence-corrected chi connectivity index (χ1v) is 7.29. The van der Waals surface area contributed by atoms with Gasteiger partial charge < -0.3 is 15.0 Å². The van der Waals surface area contributed by atoms with E-state index < -0.39 is 11.9 Å². The highest BCUT2D eigenvalue weighted by Gasteiger charge is 2.35. The van der Waals surface area contributed by atoms with E-state index in [2.05, 4.69) is 17.0 Å². The summed E-state index contributed by atoms with van der Waals surface area (Å²) in [5, 5.41) is 2.49. The molecule has 0 unspecified atom stereocenters. The molecule has 22 heavy (non-hydrogen) atoms. The van der Waals surface area contributed by atoms with Crippen LogP contribution in [0.4, 0.5) is 5.69 Å². The van der Waals surface area contributed by atoms with Gasteiger partial charge in [-0.3, -0.25) is 14.4 Å². The Balaban J connectivity index is 1.97. The molecule has 1 saturated heterocycles. The summed E-state index contributed by atoms with van der Waals surface area (Å²) in [5.41, 5.74) is 1.99. The standard InChI is InChI=1S/C16H20N2O4/c1-3-11-4-6-13(7-5-11)18-10-12(8-14(18)19)16(21)17-9-15(20)22-2/h4-7,12H,3,8-10H2,1-2H3,(H,17,21)/t12-/m0/s1. The van der Waals surface area contributed by atoms with Gasteiger partial charge in [0.15, 0.2) is 0 Å². The molecule has 1 heterocycles. The molecule has 1 aliphatic rings. The molecule has 0 bridgehead atoms. The zero-order chi connectivity index (χ0) is 16.1. The smallest absolute Gasteiger partial charge is 0.325 e. The minimum absolute atomic E-state index is 0.0810. The van der Waals surface area contributed by atoms with E-state index in [1.807, 2.05) is 24.3 Å². The molecule has 1 fully saturated rings. The van der Waals surface area contributed by atoms with Crippen LogP contribution in [0.25, 0.3) is 0 Å². The number of amides is 2. The third kappa shape index (κ3) is 3.63. The fourth-order valence-electron chi connectivity index (χ4n) is 2.42. The SMILES string of the molecule is CCc1ccc(N2C[C@@H](C(=O)NCC(=O)OC)CC2=O)cc1. The molecule has 6 nitrogen and oxygen atoms in total. The maximum atomic E-state index is 12.1. The Morgan fingerprint density at radius 2 is 2.00 bits per heavy atom. The van der Waals surface area contributed by atoms with Crippen LogP contribution < -0.4 is 10.2 Å². The Kier molecular flexibility index (Phi) is 5.14. The van der Waals surface area contributed by atoms with Crippen LogP contribution in [0, 0.1) is 5.92 Å². The summed E-state index contributed by atoms with van der Waals surface area (Å²) in [5.74, 6) is -1.33. The molecule has 0 aromatic heterocycles. The lowest BCUT2D eigenvalue weighted by Crippen LogP contribution is -2.36. The van der Waals surface area contributed by atoms with Crippen molar-refractivity contribution < 1.29 is 19.1 Å². The third-order valence-electron chi connectivity index (χ3n) is 3.79. The third-order valence-corrected chi connectivity index (χ3v) is 3.79. The summed E-state index contributed by atoms with van der Waals surface area (Å²) >= 11 is 0. The number of nitrogens with one attached hydrogen (secondary N) is 1. The lowest BCUT2D eigenvalue weighted by molar-refractivity contribution is -0.141. The summed E-state index contributed by atoms with van der Waals surface area (Å²) in [7, 11) is 1.26. The Hall–Kier alpha value is -2.37. The number of aryl methyl sites for hydroxylation is 1. The maximum Gasteiger partial charge on any atom is 0.325 e. The molecule has 1 N–H and O–H groups in total. The van der Waals surface area contributed by atoms with E-state index in [0.717, 1.165) is 12.1 Å². The van der Waals surface area contributed by atoms with Crippen LogP contribution in [-0.2, 0) is 25.5 Å². The monoisotopic (exact) mass is 304 g/mol. The molecule has 1 aliphatic heterocycles. The van der Waals surface area contributed by atoms with Gasteiger partial charge in [0.1, 0.15) is 6.54 Å². The lowest BCUT2D eigenvalue weighted by Gasteiger charge is -2.17. The van der Waals surface area contributed by atoms with Crippen LogP contribution in [0.5, 0.6) is 0 Å². The van der Waals surface area contributed by atoms with Gasteiger partial charge in [-0.1, -0.05) is 19.1 Å². The van der Waals surface area contributed by atoms with Crippen molar-refractivity contribution in [1.82, 2.24) is 5.32 Å². The number of rotatable bonds is 5. The Bertz CT molecular complexity index is 568. The van der Waals surface area contributed by atoms with Crippen molar-refractivity contribution in [3.63, 3.8) is 0 Å². The Labute approximate surface area is 129 Å². The minimum Gasteiger partial charge on any atom is -0.468 e. The van der Waals surface area contributed by atoms with Crippen LogP contribution in [0.1, 0.15) is 18.9 Å². The van der Waals surface area contributed by atoms with Gasteiger partial charge in [0, 0.05) is 18.7 Å². The van der Waals surface area contributed by atoms with E-state index in [4.69, 9.17) is 0 Å². The van der Waals surface area contributed by atoms with E-state index in [1.54, 1.807) is 4.90 Å². The van der Waals surface area contributed by atoms with Crippen molar-refractivity contribution in [3.8, 4) is 0 Å². The van der Waals surface area contributed by atoms with Crippen molar-refractivity contribution in [2.24, 2.45) is 5.92 Å². The number of carbonyl (C=O) groups is 3. The second kappa shape index (κ2) is 7.06. The van der Waals surface area contributed by atoms with Gasteiger partial charge in [0.2, 0.25) is 11.8 Å². The van der Waals surface area contributed by atoms with Gasteiger partial charge in [-0.15, -0.1) is 0 Å². The number of methoxy groups -OCH3 is 1. The van der Waals surface area contributed by atoms with Gasteiger partial charge in [-0.25, -0.2) is 0 Å². The lowest BCUT2D eigenvalue weighted by atomic mass is 10.1. The predicted molar refractivity (Wildman–Crippen MR) is 81.3 cm³/mol. The van der Waals surface area contributed by atoms with Crippen molar-refractivity contribution in [2.75, 3.05) is 25.1 Å². The number of esters is 1. The topological polar surface area (TPSA) is 75.7 Å². The zero-order valence-corrected chi connectivity index (χ0v) is 12.8. The molecule has 6 heteroatoms. The Morgan fingerprint density at radius 1 is 1.32 bits per heavy atom.